The van der Waals surface area contributed by atoms with Gasteiger partial charge in [-0.15, -0.1) is 24.0 Å². The summed E-state index contributed by atoms with van der Waals surface area (Å²) in [5.41, 5.74) is 2.57. The van der Waals surface area contributed by atoms with E-state index >= 15 is 0 Å². The minimum atomic E-state index is -0.0333. The number of benzene rings is 1. The largest absolute Gasteiger partial charge is 0.443 e. The molecule has 0 amide bonds. The molecule has 2 N–H and O–H groups in total. The van der Waals surface area contributed by atoms with Gasteiger partial charge in [-0.25, -0.2) is 4.98 Å². The number of halogens is 1. The fourth-order valence-corrected chi connectivity index (χ4v) is 2.46. The third-order valence-electron chi connectivity index (χ3n) is 4.11. The van der Waals surface area contributed by atoms with Crippen LogP contribution in [0.2, 0.25) is 0 Å². The molecule has 2 rings (SSSR count). The van der Waals surface area contributed by atoms with Gasteiger partial charge in [0.25, 0.3) is 0 Å². The van der Waals surface area contributed by atoms with Gasteiger partial charge in [-0.1, -0.05) is 57.5 Å². The van der Waals surface area contributed by atoms with Gasteiger partial charge < -0.3 is 15.1 Å². The van der Waals surface area contributed by atoms with Gasteiger partial charge >= 0.3 is 0 Å². The van der Waals surface area contributed by atoms with Crippen molar-refractivity contribution in [1.82, 2.24) is 15.6 Å². The van der Waals surface area contributed by atoms with Crippen LogP contribution in [0.25, 0.3) is 0 Å². The molecule has 0 aliphatic carbocycles. The van der Waals surface area contributed by atoms with Crippen molar-refractivity contribution in [1.29, 1.82) is 0 Å². The van der Waals surface area contributed by atoms with Crippen LogP contribution in [0.15, 0.2) is 39.9 Å². The first-order valence-electron chi connectivity index (χ1n) is 8.76. The maximum absolute atomic E-state index is 5.79. The predicted octanol–water partition coefficient (Wildman–Crippen LogP) is 4.37. The fraction of sp³-hybridized carbons (Fsp3) is 0.500. The molecule has 0 radical (unpaired) electrons. The number of oxazole rings is 1. The van der Waals surface area contributed by atoms with Crippen LogP contribution in [0, 0.1) is 6.92 Å². The predicted molar refractivity (Wildman–Crippen MR) is 118 cm³/mol. The van der Waals surface area contributed by atoms with Gasteiger partial charge in [0.2, 0.25) is 5.89 Å². The van der Waals surface area contributed by atoms with E-state index in [1.807, 2.05) is 0 Å². The molecular weight excluding hydrogens is 439 g/mol. The van der Waals surface area contributed by atoms with E-state index in [-0.39, 0.29) is 29.4 Å². The molecule has 1 aromatic carbocycles. The lowest BCUT2D eigenvalue weighted by Gasteiger charge is -2.16. The first kappa shape index (κ1) is 22.5. The fourth-order valence-electron chi connectivity index (χ4n) is 2.46. The topological polar surface area (TPSA) is 62.5 Å². The molecule has 26 heavy (non-hydrogen) atoms. The van der Waals surface area contributed by atoms with Gasteiger partial charge in [-0.2, -0.15) is 0 Å². The molecule has 2 aromatic rings. The summed E-state index contributed by atoms with van der Waals surface area (Å²) in [6.07, 6.45) is 1.80. The van der Waals surface area contributed by atoms with Crippen LogP contribution in [0.5, 0.6) is 0 Å². The van der Waals surface area contributed by atoms with Crippen molar-refractivity contribution in [3.63, 3.8) is 0 Å². The molecule has 0 spiro atoms. The van der Waals surface area contributed by atoms with Crippen LogP contribution in [0.1, 0.15) is 56.4 Å². The van der Waals surface area contributed by atoms with E-state index in [1.165, 1.54) is 11.1 Å². The van der Waals surface area contributed by atoms with E-state index in [2.05, 4.69) is 79.5 Å². The lowest BCUT2D eigenvalue weighted by atomic mass is 9.94. The minimum Gasteiger partial charge on any atom is -0.443 e. The van der Waals surface area contributed by atoms with Crippen LogP contribution in [0.3, 0.4) is 0 Å². The Kier molecular flexibility index (Phi) is 8.59. The number of hydrogen-bond acceptors (Lipinski definition) is 3. The van der Waals surface area contributed by atoms with Gasteiger partial charge in [0.15, 0.2) is 5.96 Å². The Labute approximate surface area is 174 Å². The number of rotatable bonds is 5. The van der Waals surface area contributed by atoms with E-state index in [0.29, 0.717) is 18.4 Å². The van der Waals surface area contributed by atoms with Gasteiger partial charge in [0.05, 0.1) is 12.7 Å². The second-order valence-electron chi connectivity index (χ2n) is 7.49. The number of guanidine groups is 1. The zero-order chi connectivity index (χ0) is 18.4. The van der Waals surface area contributed by atoms with Crippen LogP contribution in [0.4, 0.5) is 0 Å². The van der Waals surface area contributed by atoms with Crippen molar-refractivity contribution in [2.24, 2.45) is 4.99 Å². The summed E-state index contributed by atoms with van der Waals surface area (Å²) in [6, 6.07) is 8.61. The van der Waals surface area contributed by atoms with E-state index in [0.717, 1.165) is 18.3 Å². The second-order valence-corrected chi connectivity index (χ2v) is 7.49. The van der Waals surface area contributed by atoms with Gasteiger partial charge in [-0.05, 0) is 18.4 Å². The molecular formula is C20H31IN4O. The third kappa shape index (κ3) is 6.63. The maximum Gasteiger partial charge on any atom is 0.213 e. The molecule has 0 aliphatic rings. The molecule has 0 aliphatic heterocycles. The SMILES string of the molecule is CN=C(NCc1ncc(C(C)(C)C)o1)NCC(C)c1cccc(C)c1.I. The zero-order valence-corrected chi connectivity index (χ0v) is 18.9. The lowest BCUT2D eigenvalue weighted by Crippen LogP contribution is -2.38. The average Bonchev–Trinajstić information content (AvgIpc) is 3.04. The Morgan fingerprint density at radius 1 is 1.27 bits per heavy atom. The molecule has 1 aromatic heterocycles. The molecule has 0 saturated heterocycles. The highest BCUT2D eigenvalue weighted by Gasteiger charge is 2.19. The van der Waals surface area contributed by atoms with Crippen LogP contribution in [-0.2, 0) is 12.0 Å². The Bertz CT molecular complexity index is 719. The molecule has 0 saturated carbocycles. The average molecular weight is 470 g/mol. The third-order valence-corrected chi connectivity index (χ3v) is 4.11. The number of aryl methyl sites for hydroxylation is 1. The number of aromatic nitrogens is 1. The van der Waals surface area contributed by atoms with E-state index in [1.54, 1.807) is 13.2 Å². The molecule has 0 bridgehead atoms. The molecule has 6 heteroatoms. The number of nitrogens with zero attached hydrogens (tertiary/aromatic N) is 2. The molecule has 1 atom stereocenters. The minimum absolute atomic E-state index is 0. The smallest absolute Gasteiger partial charge is 0.213 e. The molecule has 5 nitrogen and oxygen atoms in total. The summed E-state index contributed by atoms with van der Waals surface area (Å²) < 4.78 is 5.79. The van der Waals surface area contributed by atoms with Gasteiger partial charge in [-0.3, -0.25) is 4.99 Å². The molecule has 1 unspecified atom stereocenters. The highest BCUT2D eigenvalue weighted by Crippen LogP contribution is 2.22. The van der Waals surface area contributed by atoms with Crippen molar-refractivity contribution in [3.05, 3.63) is 53.2 Å². The number of nitrogens with one attached hydrogen (secondary N) is 2. The van der Waals surface area contributed by atoms with Crippen molar-refractivity contribution in [2.45, 2.75) is 52.5 Å². The van der Waals surface area contributed by atoms with E-state index < -0.39 is 0 Å². The molecule has 144 valence electrons. The summed E-state index contributed by atoms with van der Waals surface area (Å²) in [6.45, 7) is 12.0. The summed E-state index contributed by atoms with van der Waals surface area (Å²) >= 11 is 0. The van der Waals surface area contributed by atoms with Crippen molar-refractivity contribution in [3.8, 4) is 0 Å². The van der Waals surface area contributed by atoms with Crippen molar-refractivity contribution in [2.75, 3.05) is 13.6 Å². The van der Waals surface area contributed by atoms with Crippen LogP contribution in [-0.4, -0.2) is 24.5 Å². The maximum atomic E-state index is 5.79. The van der Waals surface area contributed by atoms with Crippen LogP contribution < -0.4 is 10.6 Å². The summed E-state index contributed by atoms with van der Waals surface area (Å²) in [4.78, 5) is 8.60. The first-order chi connectivity index (χ1) is 11.8. The van der Waals surface area contributed by atoms with E-state index in [4.69, 9.17) is 4.42 Å². The number of aliphatic imine (C=N–C) groups is 1. The van der Waals surface area contributed by atoms with Crippen molar-refractivity contribution >= 4 is 29.9 Å². The number of hydrogen-bond donors (Lipinski definition) is 2. The first-order valence-corrected chi connectivity index (χ1v) is 8.76. The van der Waals surface area contributed by atoms with E-state index in [9.17, 15) is 0 Å². The van der Waals surface area contributed by atoms with Gasteiger partial charge in [0.1, 0.15) is 5.76 Å². The zero-order valence-electron chi connectivity index (χ0n) is 16.6. The Hall–Kier alpha value is -1.57. The quantitative estimate of drug-likeness (QED) is 0.387. The molecule has 0 fully saturated rings. The Morgan fingerprint density at radius 2 is 2.00 bits per heavy atom. The molecule has 1 heterocycles. The summed E-state index contributed by atoms with van der Waals surface area (Å²) in [5, 5.41) is 6.62. The Morgan fingerprint density at radius 3 is 2.58 bits per heavy atom. The summed E-state index contributed by atoms with van der Waals surface area (Å²) in [5.74, 6) is 2.70. The monoisotopic (exact) mass is 470 g/mol. The highest BCUT2D eigenvalue weighted by atomic mass is 127. The second kappa shape index (κ2) is 9.94. The van der Waals surface area contributed by atoms with Crippen LogP contribution >= 0.6 is 24.0 Å². The van der Waals surface area contributed by atoms with Crippen molar-refractivity contribution < 1.29 is 4.42 Å². The highest BCUT2D eigenvalue weighted by molar-refractivity contribution is 14.0. The normalized spacial score (nSPS) is 13.1. The Balaban J connectivity index is 0.00000338. The standard InChI is InChI=1S/C20H30N4O.HI/c1-14-8-7-9-16(10-14)15(2)11-23-19(21-6)24-13-18-22-12-17(25-18)20(3,4)5;/h7-10,12,15H,11,13H2,1-6H3,(H2,21,23,24);1H. The lowest BCUT2D eigenvalue weighted by molar-refractivity contribution is 0.379. The van der Waals surface area contributed by atoms with Gasteiger partial charge in [0, 0.05) is 19.0 Å². The summed E-state index contributed by atoms with van der Waals surface area (Å²) in [7, 11) is 1.77.